The van der Waals surface area contributed by atoms with Crippen LogP contribution >= 0.6 is 0 Å². The first-order valence-electron chi connectivity index (χ1n) is 11.7. The molecule has 8 nitrogen and oxygen atoms in total. The minimum Gasteiger partial charge on any atom is -0.467 e. The predicted octanol–water partition coefficient (Wildman–Crippen LogP) is 2.65. The van der Waals surface area contributed by atoms with Crippen LogP contribution in [-0.4, -0.2) is 61.8 Å². The number of nitrogens with one attached hydrogen (secondary N) is 1. The van der Waals surface area contributed by atoms with Crippen LogP contribution in [0.4, 0.5) is 0 Å². The summed E-state index contributed by atoms with van der Waals surface area (Å²) in [5.41, 5.74) is 0.952. The van der Waals surface area contributed by atoms with Gasteiger partial charge in [-0.15, -0.1) is 0 Å². The van der Waals surface area contributed by atoms with Crippen molar-refractivity contribution in [2.75, 3.05) is 20.3 Å². The van der Waals surface area contributed by atoms with Crippen molar-refractivity contribution in [2.45, 2.75) is 82.8 Å². The molecule has 0 aromatic heterocycles. The predicted molar refractivity (Wildman–Crippen MR) is 119 cm³/mol. The maximum atomic E-state index is 13.6. The van der Waals surface area contributed by atoms with Gasteiger partial charge in [0.05, 0.1) is 25.9 Å². The molecule has 2 saturated carbocycles. The van der Waals surface area contributed by atoms with Crippen molar-refractivity contribution < 1.29 is 33.3 Å². The molecule has 2 aliphatic carbocycles. The van der Waals surface area contributed by atoms with E-state index in [1.54, 1.807) is 0 Å². The van der Waals surface area contributed by atoms with Crippen LogP contribution in [-0.2, 0) is 39.9 Å². The van der Waals surface area contributed by atoms with Crippen LogP contribution < -0.4 is 5.32 Å². The normalized spacial score (nSPS) is 30.5. The van der Waals surface area contributed by atoms with E-state index in [9.17, 15) is 9.59 Å². The van der Waals surface area contributed by atoms with Crippen molar-refractivity contribution in [1.29, 1.82) is 0 Å². The van der Waals surface area contributed by atoms with E-state index in [1.807, 2.05) is 45.0 Å². The van der Waals surface area contributed by atoms with Crippen molar-refractivity contribution in [3.63, 3.8) is 0 Å². The van der Waals surface area contributed by atoms with Crippen LogP contribution in [0.15, 0.2) is 24.3 Å². The summed E-state index contributed by atoms with van der Waals surface area (Å²) in [4.78, 5) is 25.3. The van der Waals surface area contributed by atoms with Crippen molar-refractivity contribution in [3.8, 4) is 0 Å². The number of amides is 1. The first-order chi connectivity index (χ1) is 15.7. The van der Waals surface area contributed by atoms with Gasteiger partial charge in [0.15, 0.2) is 11.4 Å². The summed E-state index contributed by atoms with van der Waals surface area (Å²) in [6, 6.07) is 8.03. The molecule has 4 atom stereocenters. The summed E-state index contributed by atoms with van der Waals surface area (Å²) >= 11 is 0. The van der Waals surface area contributed by atoms with Crippen molar-refractivity contribution >= 4 is 11.9 Å². The summed E-state index contributed by atoms with van der Waals surface area (Å²) in [5, 5.41) is 3.09. The van der Waals surface area contributed by atoms with Crippen LogP contribution in [0.25, 0.3) is 0 Å². The van der Waals surface area contributed by atoms with Crippen LogP contribution in [0, 0.1) is 12.8 Å². The number of esters is 1. The van der Waals surface area contributed by atoms with E-state index in [1.165, 1.54) is 7.11 Å². The molecule has 0 spiro atoms. The van der Waals surface area contributed by atoms with E-state index < -0.39 is 35.7 Å². The summed E-state index contributed by atoms with van der Waals surface area (Å²) in [7, 11) is 1.31. The lowest BCUT2D eigenvalue weighted by atomic mass is 9.78. The number of carbonyl (C=O) groups is 2. The van der Waals surface area contributed by atoms with Crippen molar-refractivity contribution in [1.82, 2.24) is 5.32 Å². The van der Waals surface area contributed by atoms with E-state index >= 15 is 0 Å². The van der Waals surface area contributed by atoms with Gasteiger partial charge < -0.3 is 29.0 Å². The fourth-order valence-corrected chi connectivity index (χ4v) is 4.69. The Bertz CT molecular complexity index is 868. The Hall–Kier alpha value is -2.00. The molecule has 8 heteroatoms. The zero-order valence-corrected chi connectivity index (χ0v) is 19.9. The molecule has 1 amide bonds. The van der Waals surface area contributed by atoms with Gasteiger partial charge in [0.2, 0.25) is 0 Å². The van der Waals surface area contributed by atoms with Crippen molar-refractivity contribution in [3.05, 3.63) is 35.4 Å². The Morgan fingerprint density at radius 3 is 2.67 bits per heavy atom. The second-order valence-electron chi connectivity index (χ2n) is 9.90. The smallest absolute Gasteiger partial charge is 0.331 e. The van der Waals surface area contributed by atoms with Crippen LogP contribution in [0.2, 0.25) is 0 Å². The van der Waals surface area contributed by atoms with Gasteiger partial charge in [0, 0.05) is 19.4 Å². The maximum Gasteiger partial charge on any atom is 0.331 e. The van der Waals surface area contributed by atoms with Gasteiger partial charge in [-0.1, -0.05) is 29.8 Å². The van der Waals surface area contributed by atoms with E-state index in [2.05, 4.69) is 5.32 Å². The number of fused-ring (bicyclic) bond motifs is 1. The number of benzene rings is 1. The topological polar surface area (TPSA) is 92.3 Å². The number of rotatable bonds is 9. The Labute approximate surface area is 195 Å². The lowest BCUT2D eigenvalue weighted by Crippen LogP contribution is -2.60. The summed E-state index contributed by atoms with van der Waals surface area (Å²) in [6.45, 7) is 6.39. The lowest BCUT2D eigenvalue weighted by Gasteiger charge is -2.43. The highest BCUT2D eigenvalue weighted by molar-refractivity contribution is 5.85. The van der Waals surface area contributed by atoms with Gasteiger partial charge in [0.1, 0.15) is 12.7 Å². The molecule has 0 radical (unpaired) electrons. The molecular weight excluding hydrogens is 426 g/mol. The molecule has 1 aliphatic heterocycles. The molecule has 182 valence electrons. The first-order valence-corrected chi connectivity index (χ1v) is 11.7. The molecule has 3 aliphatic rings. The molecule has 1 aromatic carbocycles. The Morgan fingerprint density at radius 2 is 1.97 bits per heavy atom. The zero-order chi connectivity index (χ0) is 23.6. The molecule has 1 unspecified atom stereocenters. The van der Waals surface area contributed by atoms with Crippen LogP contribution in [0.1, 0.15) is 50.7 Å². The van der Waals surface area contributed by atoms with Gasteiger partial charge in [-0.2, -0.15) is 0 Å². The average molecular weight is 462 g/mol. The van der Waals surface area contributed by atoms with E-state index in [0.717, 1.165) is 24.0 Å². The Kier molecular flexibility index (Phi) is 7.09. The fourth-order valence-electron chi connectivity index (χ4n) is 4.69. The van der Waals surface area contributed by atoms with Gasteiger partial charge in [-0.05, 0) is 45.1 Å². The maximum absolute atomic E-state index is 13.6. The van der Waals surface area contributed by atoms with Crippen molar-refractivity contribution in [2.24, 2.45) is 5.92 Å². The minimum absolute atomic E-state index is 0.166. The molecular formula is C25H35NO7. The molecule has 1 N–H and O–H groups in total. The SMILES string of the molecule is COC(=O)COC1C[C@](OCc2cccc(C)c2)(C(=O)NCC2CC2)C[C@H]2OC(C)(C)O[C@@H]12. The number of methoxy groups -OCH3 is 1. The molecule has 4 rings (SSSR count). The van der Waals surface area contributed by atoms with Gasteiger partial charge >= 0.3 is 5.97 Å². The molecule has 1 aromatic rings. The molecule has 1 heterocycles. The third-order valence-corrected chi connectivity index (χ3v) is 6.55. The van der Waals surface area contributed by atoms with Gasteiger partial charge in [-0.3, -0.25) is 4.79 Å². The monoisotopic (exact) mass is 461 g/mol. The molecule has 0 bridgehead atoms. The van der Waals surface area contributed by atoms with Crippen LogP contribution in [0.3, 0.4) is 0 Å². The lowest BCUT2D eigenvalue weighted by molar-refractivity contribution is -0.185. The highest BCUT2D eigenvalue weighted by Crippen LogP contribution is 2.44. The summed E-state index contributed by atoms with van der Waals surface area (Å²) < 4.78 is 29.3. The summed E-state index contributed by atoms with van der Waals surface area (Å²) in [6.07, 6.45) is 1.51. The average Bonchev–Trinajstić information content (AvgIpc) is 3.55. The van der Waals surface area contributed by atoms with E-state index in [0.29, 0.717) is 18.9 Å². The molecule has 33 heavy (non-hydrogen) atoms. The van der Waals surface area contributed by atoms with Gasteiger partial charge in [-0.25, -0.2) is 4.79 Å². The third-order valence-electron chi connectivity index (χ3n) is 6.55. The summed E-state index contributed by atoms with van der Waals surface area (Å²) in [5.74, 6) is -0.935. The highest BCUT2D eigenvalue weighted by atomic mass is 16.8. The van der Waals surface area contributed by atoms with Gasteiger partial charge in [0.25, 0.3) is 5.91 Å². The standard InChI is InChI=1S/C25H35NO7/c1-16-6-5-7-18(10-16)14-31-25(23(28)26-13-17-8-9-17)11-19(30-15-21(27)29-4)22-20(12-25)32-24(2,3)33-22/h5-7,10,17,19-20,22H,8-9,11-15H2,1-4H3,(H,26,28)/t19?,20-,22+,25-/m1/s1. The molecule has 1 saturated heterocycles. The first kappa shape index (κ1) is 24.1. The van der Waals surface area contributed by atoms with E-state index in [-0.39, 0.29) is 25.5 Å². The van der Waals surface area contributed by atoms with Crippen LogP contribution in [0.5, 0.6) is 0 Å². The number of ether oxygens (including phenoxy) is 5. The Balaban J connectivity index is 1.57. The number of hydrogen-bond acceptors (Lipinski definition) is 7. The third kappa shape index (κ3) is 5.93. The number of hydrogen-bond donors (Lipinski definition) is 1. The second kappa shape index (κ2) is 9.70. The fraction of sp³-hybridized carbons (Fsp3) is 0.680. The quantitative estimate of drug-likeness (QED) is 0.565. The highest BCUT2D eigenvalue weighted by Gasteiger charge is 2.58. The minimum atomic E-state index is -1.16. The second-order valence-corrected chi connectivity index (χ2v) is 9.90. The molecule has 3 fully saturated rings. The Morgan fingerprint density at radius 1 is 1.18 bits per heavy atom. The number of aryl methyl sites for hydroxylation is 1. The zero-order valence-electron chi connectivity index (χ0n) is 19.9. The largest absolute Gasteiger partial charge is 0.467 e. The number of carbonyl (C=O) groups excluding carboxylic acids is 2. The van der Waals surface area contributed by atoms with E-state index in [4.69, 9.17) is 23.7 Å².